The topological polar surface area (TPSA) is 231 Å². The van der Waals surface area contributed by atoms with Crippen molar-refractivity contribution in [2.24, 2.45) is 0 Å². The molecule has 0 atom stereocenters. The van der Waals surface area contributed by atoms with Crippen molar-refractivity contribution in [1.82, 2.24) is 19.9 Å². The van der Waals surface area contributed by atoms with Crippen molar-refractivity contribution in [2.75, 3.05) is 7.11 Å². The highest BCUT2D eigenvalue weighted by Gasteiger charge is 2.35. The molecule has 2 N–H and O–H groups in total. The van der Waals surface area contributed by atoms with E-state index in [1.54, 1.807) is 43.3 Å². The Kier molecular flexibility index (Phi) is 7.46. The van der Waals surface area contributed by atoms with Crippen LogP contribution in [-0.4, -0.2) is 75.6 Å². The number of carbonyl (C=O) groups excluding carboxylic acids is 8. The van der Waals surface area contributed by atoms with Gasteiger partial charge in [0.2, 0.25) is 0 Å². The number of nitrogens with zero attached hydrogens (tertiary/aromatic N) is 2. The average Bonchev–Trinajstić information content (AvgIpc) is 4.08. The summed E-state index contributed by atoms with van der Waals surface area (Å²) in [5, 5.41) is 2.06. The van der Waals surface area contributed by atoms with E-state index < -0.39 is 35.8 Å². The zero-order chi connectivity index (χ0) is 42.9. The zero-order valence-electron chi connectivity index (χ0n) is 31.9. The number of aldehydes is 1. The lowest BCUT2D eigenvalue weighted by molar-refractivity contribution is -0.123. The van der Waals surface area contributed by atoms with E-state index in [9.17, 15) is 38.4 Å². The molecule has 298 valence electrons. The standard InChI is InChI=1S/C46H22N4O12/c1-17-3-21-23(5-19(17)42(54)60-16-52)35-13-39-27-9-31-32(46(58)62-45(31)57)10-28(27)40(50-39)14-36-24-6-20(41(53)59-2)18(15-51)4-22(24)34(48-36)12-38-26-8-30-29(43(55)61-44(30)56)7-25(26)37(49-38)11-33(21)47-35/h3-16,47-48H,1-2H3. The zero-order valence-corrected chi connectivity index (χ0v) is 31.9. The van der Waals surface area contributed by atoms with Gasteiger partial charge >= 0.3 is 42.3 Å². The van der Waals surface area contributed by atoms with Crippen LogP contribution in [0.3, 0.4) is 0 Å². The first kappa shape index (κ1) is 36.2. The van der Waals surface area contributed by atoms with E-state index in [-0.39, 0.29) is 45.4 Å². The molecule has 0 amide bonds. The molecule has 0 radical (unpaired) electrons. The fourth-order valence-corrected chi connectivity index (χ4v) is 8.54. The normalized spacial score (nSPS) is 13.3. The van der Waals surface area contributed by atoms with Crippen molar-refractivity contribution in [3.63, 3.8) is 0 Å². The van der Waals surface area contributed by atoms with E-state index in [4.69, 9.17) is 28.9 Å². The number of aromatic amines is 2. The predicted molar refractivity (Wildman–Crippen MR) is 217 cm³/mol. The number of methoxy groups -OCH3 is 1. The number of rotatable bonds is 4. The largest absolute Gasteiger partial charge is 0.465 e. The molecule has 16 nitrogen and oxygen atoms in total. The number of benzene rings is 4. The van der Waals surface area contributed by atoms with Crippen LogP contribution in [-0.2, 0) is 23.7 Å². The first-order chi connectivity index (χ1) is 29.9. The Morgan fingerprint density at radius 2 is 0.903 bits per heavy atom. The Morgan fingerprint density at radius 3 is 1.29 bits per heavy atom. The fourth-order valence-electron chi connectivity index (χ4n) is 8.54. The lowest BCUT2D eigenvalue weighted by Crippen LogP contribution is -2.05. The highest BCUT2D eigenvalue weighted by molar-refractivity contribution is 6.19. The molecule has 0 unspecified atom stereocenters. The molecule has 4 aliphatic heterocycles. The summed E-state index contributed by atoms with van der Waals surface area (Å²) < 4.78 is 19.6. The first-order valence-corrected chi connectivity index (χ1v) is 18.7. The lowest BCUT2D eigenvalue weighted by atomic mass is 9.96. The molecule has 16 heteroatoms. The molecule has 11 rings (SSSR count). The molecule has 4 aliphatic rings. The van der Waals surface area contributed by atoms with Gasteiger partial charge in [-0.3, -0.25) is 9.59 Å². The third kappa shape index (κ3) is 5.13. The molecule has 0 fully saturated rings. The molecule has 3 aromatic heterocycles. The van der Waals surface area contributed by atoms with Crippen LogP contribution in [0.15, 0.2) is 72.8 Å². The highest BCUT2D eigenvalue weighted by atomic mass is 16.6. The lowest BCUT2D eigenvalue weighted by Gasteiger charge is -2.04. The van der Waals surface area contributed by atoms with Gasteiger partial charge in [0.1, 0.15) is 0 Å². The smallest absolute Gasteiger partial charge is 0.346 e. The van der Waals surface area contributed by atoms with Crippen LogP contribution in [0.2, 0.25) is 0 Å². The molecular formula is C46H22N4O12. The van der Waals surface area contributed by atoms with E-state index in [0.717, 1.165) is 0 Å². The van der Waals surface area contributed by atoms with E-state index >= 15 is 0 Å². The fraction of sp³-hybridized carbons (Fsp3) is 0.0435. The van der Waals surface area contributed by atoms with Crippen molar-refractivity contribution < 1.29 is 57.3 Å². The number of H-pyrrole nitrogens is 2. The van der Waals surface area contributed by atoms with Crippen LogP contribution in [0.1, 0.15) is 78.1 Å². The van der Waals surface area contributed by atoms with Crippen molar-refractivity contribution >= 4 is 92.2 Å². The molecule has 62 heavy (non-hydrogen) atoms. The maximum absolute atomic E-state index is 13.0. The van der Waals surface area contributed by atoms with Gasteiger partial charge in [-0.1, -0.05) is 0 Å². The molecule has 4 aromatic carbocycles. The number of aryl methyl sites for hydroxylation is 1. The summed E-state index contributed by atoms with van der Waals surface area (Å²) in [6, 6.07) is 19.3. The minimum absolute atomic E-state index is 0.0113. The van der Waals surface area contributed by atoms with Crippen molar-refractivity contribution in [2.45, 2.75) is 6.92 Å². The van der Waals surface area contributed by atoms with Crippen LogP contribution in [0.4, 0.5) is 0 Å². The number of aromatic nitrogens is 4. The molecule has 0 saturated heterocycles. The molecular weight excluding hydrogens is 801 g/mol. The molecule has 7 aromatic rings. The maximum atomic E-state index is 13.0. The van der Waals surface area contributed by atoms with Gasteiger partial charge in [-0.2, -0.15) is 0 Å². The van der Waals surface area contributed by atoms with Gasteiger partial charge in [-0.25, -0.2) is 38.7 Å². The van der Waals surface area contributed by atoms with Crippen LogP contribution >= 0.6 is 0 Å². The van der Waals surface area contributed by atoms with Gasteiger partial charge in [0.25, 0.3) is 0 Å². The van der Waals surface area contributed by atoms with Gasteiger partial charge in [-0.15, -0.1) is 0 Å². The average molecular weight is 823 g/mol. The van der Waals surface area contributed by atoms with Crippen LogP contribution in [0.25, 0.3) is 88.6 Å². The van der Waals surface area contributed by atoms with Crippen LogP contribution < -0.4 is 0 Å². The molecule has 8 bridgehead atoms. The summed E-state index contributed by atoms with van der Waals surface area (Å²) in [6.07, 6.45) is 0.538. The summed E-state index contributed by atoms with van der Waals surface area (Å²) in [5.74, 6) is -4.92. The Labute approximate surface area is 345 Å². The Balaban J connectivity index is 1.33. The number of esters is 6. The van der Waals surface area contributed by atoms with E-state index in [2.05, 4.69) is 9.97 Å². The van der Waals surface area contributed by atoms with Crippen LogP contribution in [0, 0.1) is 6.92 Å². The number of ether oxygens (including phenoxy) is 4. The highest BCUT2D eigenvalue weighted by Crippen LogP contribution is 2.44. The second kappa shape index (κ2) is 12.8. The molecule has 7 heterocycles. The quantitative estimate of drug-likeness (QED) is 0.0778. The third-order valence-corrected chi connectivity index (χ3v) is 11.4. The van der Waals surface area contributed by atoms with Gasteiger partial charge in [0.05, 0.1) is 63.3 Å². The van der Waals surface area contributed by atoms with Crippen LogP contribution in [0.5, 0.6) is 0 Å². The summed E-state index contributed by atoms with van der Waals surface area (Å²) in [4.78, 5) is 118. The minimum Gasteiger partial charge on any atom is -0.465 e. The molecule has 0 aliphatic carbocycles. The minimum atomic E-state index is -0.880. The summed E-state index contributed by atoms with van der Waals surface area (Å²) in [7, 11) is 1.19. The predicted octanol–water partition coefficient (Wildman–Crippen LogP) is 7.13. The SMILES string of the molecule is COC(=O)c1cc2c3cc4nc(cc5[nH]c(cc6nc(cc([nH]3)c2cc1C=O)-c1cc2c(cc1-6)C(=O)OC2=O)c1cc(C)c(C(=O)OC=O)cc51)-c1cc2c(cc1-4)C(=O)OC2=O. The Bertz CT molecular complexity index is 3610. The van der Waals surface area contributed by atoms with E-state index in [1.807, 2.05) is 0 Å². The van der Waals surface area contributed by atoms with Crippen molar-refractivity contribution in [3.05, 3.63) is 117 Å². The van der Waals surface area contributed by atoms with E-state index in [0.29, 0.717) is 100 Å². The van der Waals surface area contributed by atoms with Gasteiger partial charge < -0.3 is 28.9 Å². The number of fused-ring (bicyclic) bond motifs is 22. The first-order valence-electron chi connectivity index (χ1n) is 18.7. The Hall–Kier alpha value is -8.92. The number of hydrogen-bond donors (Lipinski definition) is 2. The second-order valence-electron chi connectivity index (χ2n) is 14.8. The third-order valence-electron chi connectivity index (χ3n) is 11.4. The van der Waals surface area contributed by atoms with Gasteiger partial charge in [0, 0.05) is 71.4 Å². The summed E-state index contributed by atoms with van der Waals surface area (Å²) in [6.45, 7) is 1.72. The Morgan fingerprint density at radius 1 is 0.516 bits per heavy atom. The summed E-state index contributed by atoms with van der Waals surface area (Å²) >= 11 is 0. The van der Waals surface area contributed by atoms with Gasteiger partial charge in [-0.05, 0) is 85.3 Å². The number of cyclic esters (lactones) is 4. The maximum Gasteiger partial charge on any atom is 0.346 e. The number of nitrogens with one attached hydrogen (secondary N) is 2. The second-order valence-corrected chi connectivity index (χ2v) is 14.8. The monoisotopic (exact) mass is 822 g/mol. The van der Waals surface area contributed by atoms with E-state index in [1.165, 1.54) is 43.5 Å². The van der Waals surface area contributed by atoms with Crippen molar-refractivity contribution in [1.29, 1.82) is 0 Å². The van der Waals surface area contributed by atoms with Crippen molar-refractivity contribution in [3.8, 4) is 45.0 Å². The van der Waals surface area contributed by atoms with Gasteiger partial charge in [0.15, 0.2) is 6.29 Å². The summed E-state index contributed by atoms with van der Waals surface area (Å²) in [5.41, 5.74) is 5.80. The number of hydrogen-bond acceptors (Lipinski definition) is 14. The number of carbonyl (C=O) groups is 8. The molecule has 0 saturated carbocycles. The molecule has 0 spiro atoms.